The maximum Gasteiger partial charge on any atom is 0.269 e. The number of aromatic amines is 1. The fraction of sp³-hybridized carbons (Fsp3) is 0.714. The molecule has 1 unspecified atom stereocenters. The summed E-state index contributed by atoms with van der Waals surface area (Å²) in [6.45, 7) is 2.02. The quantitative estimate of drug-likeness (QED) is 0.637. The molecule has 0 spiro atoms. The number of H-pyrrole nitrogens is 1. The van der Waals surface area contributed by atoms with E-state index in [1.54, 1.807) is 12.3 Å². The van der Waals surface area contributed by atoms with Gasteiger partial charge in [-0.05, 0) is 56.7 Å². The second-order valence-corrected chi connectivity index (χ2v) is 5.94. The van der Waals surface area contributed by atoms with Crippen LogP contribution in [-0.2, 0) is 0 Å². The highest BCUT2D eigenvalue weighted by molar-refractivity contribution is 5.92. The van der Waals surface area contributed by atoms with Gasteiger partial charge in [-0.15, -0.1) is 0 Å². The highest BCUT2D eigenvalue weighted by atomic mass is 16.3. The normalized spacial score (nSPS) is 28.6. The van der Waals surface area contributed by atoms with Gasteiger partial charge in [0.05, 0.1) is 6.10 Å². The molecule has 3 rings (SSSR count). The van der Waals surface area contributed by atoms with E-state index in [4.69, 9.17) is 0 Å². The summed E-state index contributed by atoms with van der Waals surface area (Å²) in [7, 11) is 0. The Bertz CT molecular complexity index is 436. The molecule has 6 nitrogen and oxygen atoms in total. The molecule has 1 aliphatic heterocycles. The average molecular weight is 278 g/mol. The Morgan fingerprint density at radius 2 is 2.10 bits per heavy atom. The largest absolute Gasteiger partial charge is 0.393 e. The zero-order valence-electron chi connectivity index (χ0n) is 11.5. The van der Waals surface area contributed by atoms with Crippen LogP contribution in [0.15, 0.2) is 12.3 Å². The molecule has 2 fully saturated rings. The van der Waals surface area contributed by atoms with Gasteiger partial charge in [-0.3, -0.25) is 9.89 Å². The molecule has 1 aromatic heterocycles. The van der Waals surface area contributed by atoms with E-state index in [9.17, 15) is 9.90 Å². The number of nitrogens with zero attached hydrogens (tertiary/aromatic N) is 1. The van der Waals surface area contributed by atoms with Crippen LogP contribution in [0.5, 0.6) is 0 Å². The Labute approximate surface area is 118 Å². The maximum atomic E-state index is 12.2. The van der Waals surface area contributed by atoms with Gasteiger partial charge < -0.3 is 15.7 Å². The van der Waals surface area contributed by atoms with Crippen molar-refractivity contribution in [3.8, 4) is 0 Å². The van der Waals surface area contributed by atoms with Crippen molar-refractivity contribution in [1.82, 2.24) is 20.8 Å². The van der Waals surface area contributed by atoms with Crippen LogP contribution in [0, 0.1) is 11.8 Å². The van der Waals surface area contributed by atoms with Crippen molar-refractivity contribution in [3.63, 3.8) is 0 Å². The number of aliphatic hydroxyl groups excluding tert-OH is 1. The molecule has 2 aliphatic rings. The summed E-state index contributed by atoms with van der Waals surface area (Å²) in [6, 6.07) is 1.85. The molecule has 6 heteroatoms. The first-order valence-corrected chi connectivity index (χ1v) is 7.43. The maximum absolute atomic E-state index is 12.2. The average Bonchev–Trinajstić information content (AvgIpc) is 2.97. The Morgan fingerprint density at radius 1 is 1.35 bits per heavy atom. The Kier molecular flexibility index (Phi) is 4.03. The lowest BCUT2D eigenvalue weighted by Crippen LogP contribution is -2.52. The first-order chi connectivity index (χ1) is 9.74. The lowest BCUT2D eigenvalue weighted by atomic mass is 9.71. The molecule has 1 aromatic rings. The number of piperidine rings is 1. The van der Waals surface area contributed by atoms with Crippen LogP contribution in [-0.4, -0.2) is 46.4 Å². The van der Waals surface area contributed by atoms with E-state index in [-0.39, 0.29) is 18.1 Å². The van der Waals surface area contributed by atoms with Crippen LogP contribution in [0.4, 0.5) is 0 Å². The van der Waals surface area contributed by atoms with Gasteiger partial charge >= 0.3 is 0 Å². The minimum atomic E-state index is -0.187. The topological polar surface area (TPSA) is 90.0 Å². The first kappa shape index (κ1) is 13.6. The van der Waals surface area contributed by atoms with Gasteiger partial charge in [-0.1, -0.05) is 0 Å². The molecule has 20 heavy (non-hydrogen) atoms. The van der Waals surface area contributed by atoms with Crippen LogP contribution in [0.25, 0.3) is 0 Å². The van der Waals surface area contributed by atoms with E-state index in [2.05, 4.69) is 20.8 Å². The van der Waals surface area contributed by atoms with E-state index < -0.39 is 0 Å². The first-order valence-electron chi connectivity index (χ1n) is 7.43. The van der Waals surface area contributed by atoms with Crippen molar-refractivity contribution in [2.75, 3.05) is 13.1 Å². The number of hydrogen-bond acceptors (Lipinski definition) is 4. The molecule has 110 valence electrons. The standard InChI is InChI=1S/C14H22N4O2/c19-11-7-10(8-11)13(9-1-4-15-5-2-9)17-14(20)12-3-6-16-18-12/h3,6,9-11,13,15,19H,1-2,4-5,7-8H2,(H,16,18)(H,17,20). The molecule has 1 aliphatic carbocycles. The third-order valence-corrected chi connectivity index (χ3v) is 4.59. The van der Waals surface area contributed by atoms with Gasteiger partial charge in [0.25, 0.3) is 5.91 Å². The van der Waals surface area contributed by atoms with E-state index in [1.165, 1.54) is 0 Å². The number of carbonyl (C=O) groups excluding carboxylic acids is 1. The SMILES string of the molecule is O=C(NC(C1CCNCC1)C1CC(O)C1)c1ccn[nH]1. The van der Waals surface area contributed by atoms with Gasteiger partial charge in [-0.2, -0.15) is 5.10 Å². The summed E-state index contributed by atoms with van der Waals surface area (Å²) >= 11 is 0. The summed E-state index contributed by atoms with van der Waals surface area (Å²) in [4.78, 5) is 12.2. The third-order valence-electron chi connectivity index (χ3n) is 4.59. The van der Waals surface area contributed by atoms with Gasteiger partial charge in [0, 0.05) is 12.2 Å². The predicted octanol–water partition coefficient (Wildman–Crippen LogP) is 0.279. The van der Waals surface area contributed by atoms with Crippen molar-refractivity contribution in [1.29, 1.82) is 0 Å². The molecular formula is C14H22N4O2. The van der Waals surface area contributed by atoms with E-state index in [0.717, 1.165) is 38.8 Å². The second kappa shape index (κ2) is 5.93. The van der Waals surface area contributed by atoms with E-state index >= 15 is 0 Å². The molecule has 1 atom stereocenters. The number of amides is 1. The lowest BCUT2D eigenvalue weighted by Gasteiger charge is -2.43. The summed E-state index contributed by atoms with van der Waals surface area (Å²) in [6.07, 6.45) is 5.17. The molecule has 1 saturated heterocycles. The molecule has 0 radical (unpaired) electrons. The van der Waals surface area contributed by atoms with Crippen molar-refractivity contribution < 1.29 is 9.90 Å². The Balaban J connectivity index is 1.66. The van der Waals surface area contributed by atoms with Gasteiger partial charge in [0.2, 0.25) is 0 Å². The van der Waals surface area contributed by atoms with Crippen LogP contribution >= 0.6 is 0 Å². The predicted molar refractivity (Wildman–Crippen MR) is 74.2 cm³/mol. The number of aliphatic hydroxyl groups is 1. The highest BCUT2D eigenvalue weighted by Crippen LogP contribution is 2.35. The van der Waals surface area contributed by atoms with Crippen molar-refractivity contribution in [3.05, 3.63) is 18.0 Å². The fourth-order valence-electron chi connectivity index (χ4n) is 3.36. The van der Waals surface area contributed by atoms with Crippen molar-refractivity contribution in [2.45, 2.75) is 37.8 Å². The zero-order chi connectivity index (χ0) is 13.9. The summed E-state index contributed by atoms with van der Waals surface area (Å²) in [5.41, 5.74) is 0.504. The Morgan fingerprint density at radius 3 is 2.70 bits per heavy atom. The van der Waals surface area contributed by atoms with E-state index in [0.29, 0.717) is 17.5 Å². The number of rotatable bonds is 4. The fourth-order valence-corrected chi connectivity index (χ4v) is 3.36. The molecule has 4 N–H and O–H groups in total. The van der Waals surface area contributed by atoms with Gasteiger partial charge in [-0.25, -0.2) is 0 Å². The van der Waals surface area contributed by atoms with Crippen LogP contribution in [0.2, 0.25) is 0 Å². The summed E-state index contributed by atoms with van der Waals surface area (Å²) < 4.78 is 0. The minimum Gasteiger partial charge on any atom is -0.393 e. The molecule has 1 amide bonds. The monoisotopic (exact) mass is 278 g/mol. The lowest BCUT2D eigenvalue weighted by molar-refractivity contribution is 0.00913. The van der Waals surface area contributed by atoms with Crippen molar-refractivity contribution >= 4 is 5.91 Å². The highest BCUT2D eigenvalue weighted by Gasteiger charge is 2.39. The second-order valence-electron chi connectivity index (χ2n) is 5.94. The zero-order valence-corrected chi connectivity index (χ0v) is 11.5. The van der Waals surface area contributed by atoms with Crippen LogP contribution in [0.3, 0.4) is 0 Å². The number of aromatic nitrogens is 2. The van der Waals surface area contributed by atoms with Gasteiger partial charge in [0.15, 0.2) is 0 Å². The Hall–Kier alpha value is -1.40. The van der Waals surface area contributed by atoms with Gasteiger partial charge in [0.1, 0.15) is 5.69 Å². The summed E-state index contributed by atoms with van der Waals surface area (Å²) in [5, 5.41) is 22.6. The molecule has 0 bridgehead atoms. The van der Waals surface area contributed by atoms with E-state index in [1.807, 2.05) is 0 Å². The third kappa shape index (κ3) is 2.86. The number of carbonyl (C=O) groups is 1. The molecule has 2 heterocycles. The van der Waals surface area contributed by atoms with Crippen molar-refractivity contribution in [2.24, 2.45) is 11.8 Å². The molecule has 0 aromatic carbocycles. The van der Waals surface area contributed by atoms with Crippen LogP contribution in [0.1, 0.15) is 36.2 Å². The smallest absolute Gasteiger partial charge is 0.269 e. The van der Waals surface area contributed by atoms with Crippen LogP contribution < -0.4 is 10.6 Å². The number of hydrogen-bond donors (Lipinski definition) is 4. The minimum absolute atomic E-state index is 0.0903. The molecular weight excluding hydrogens is 256 g/mol. The molecule has 1 saturated carbocycles. The summed E-state index contributed by atoms with van der Waals surface area (Å²) in [5.74, 6) is 0.813. The number of nitrogens with one attached hydrogen (secondary N) is 3.